The van der Waals surface area contributed by atoms with Crippen LogP contribution in [0, 0.1) is 0 Å². The Balaban J connectivity index is 1.84. The molecule has 0 heteroatoms. The van der Waals surface area contributed by atoms with E-state index in [0.717, 1.165) is 12.8 Å². The highest BCUT2D eigenvalue weighted by molar-refractivity contribution is 5.91. The molecule has 1 aliphatic rings. The summed E-state index contributed by atoms with van der Waals surface area (Å²) in [7, 11) is 0. The molecule has 0 aromatic heterocycles. The molecule has 0 aliphatic heterocycles. The van der Waals surface area contributed by atoms with Crippen molar-refractivity contribution in [2.24, 2.45) is 0 Å². The molecule has 0 N–H and O–H groups in total. The third-order valence-electron chi connectivity index (χ3n) is 4.15. The molecular formula is C22H22. The minimum atomic E-state index is 0.964. The summed E-state index contributed by atoms with van der Waals surface area (Å²) < 4.78 is 0. The Labute approximate surface area is 133 Å². The van der Waals surface area contributed by atoms with E-state index in [2.05, 4.69) is 81.1 Å². The zero-order valence-corrected chi connectivity index (χ0v) is 13.4. The third-order valence-corrected chi connectivity index (χ3v) is 4.15. The van der Waals surface area contributed by atoms with E-state index >= 15 is 0 Å². The highest BCUT2D eigenvalue weighted by Gasteiger charge is 2.15. The Morgan fingerprint density at radius 3 is 2.27 bits per heavy atom. The molecule has 0 radical (unpaired) electrons. The van der Waals surface area contributed by atoms with Gasteiger partial charge in [0, 0.05) is 0 Å². The third kappa shape index (κ3) is 3.12. The van der Waals surface area contributed by atoms with Gasteiger partial charge in [0.1, 0.15) is 0 Å². The molecule has 2 aromatic carbocycles. The second-order valence-corrected chi connectivity index (χ2v) is 6.24. The quantitative estimate of drug-likeness (QED) is 0.599. The summed E-state index contributed by atoms with van der Waals surface area (Å²) in [6, 6.07) is 19.6. The second kappa shape index (κ2) is 6.19. The first-order chi connectivity index (χ1) is 10.6. The molecule has 0 unspecified atom stereocenters. The van der Waals surface area contributed by atoms with Gasteiger partial charge in [-0.05, 0) is 54.5 Å². The maximum atomic E-state index is 3.99. The van der Waals surface area contributed by atoms with Gasteiger partial charge in [0.2, 0.25) is 0 Å². The Hall–Kier alpha value is -2.34. The van der Waals surface area contributed by atoms with Crippen LogP contribution in [0.5, 0.6) is 0 Å². The molecule has 0 heterocycles. The Morgan fingerprint density at radius 2 is 1.64 bits per heavy atom. The summed E-state index contributed by atoms with van der Waals surface area (Å²) in [5.74, 6) is 0. The van der Waals surface area contributed by atoms with E-state index in [1.54, 1.807) is 0 Å². The molecule has 2 aromatic rings. The van der Waals surface area contributed by atoms with Crippen molar-refractivity contribution in [1.29, 1.82) is 0 Å². The van der Waals surface area contributed by atoms with Crippen molar-refractivity contribution in [2.45, 2.75) is 26.7 Å². The summed E-state index contributed by atoms with van der Waals surface area (Å²) in [4.78, 5) is 0. The smallest absolute Gasteiger partial charge is 0.00545 e. The lowest BCUT2D eigenvalue weighted by atomic mass is 10.00. The molecule has 0 saturated heterocycles. The van der Waals surface area contributed by atoms with Gasteiger partial charge in [-0.3, -0.25) is 0 Å². The van der Waals surface area contributed by atoms with E-state index in [1.807, 2.05) is 0 Å². The van der Waals surface area contributed by atoms with E-state index in [0.29, 0.717) is 0 Å². The first kappa shape index (κ1) is 14.6. The van der Waals surface area contributed by atoms with Gasteiger partial charge in [-0.2, -0.15) is 0 Å². The lowest BCUT2D eigenvalue weighted by Gasteiger charge is -2.05. The van der Waals surface area contributed by atoms with Gasteiger partial charge in [-0.15, -0.1) is 0 Å². The highest BCUT2D eigenvalue weighted by atomic mass is 14.2. The Bertz CT molecular complexity index is 740. The molecule has 1 aliphatic carbocycles. The summed E-state index contributed by atoms with van der Waals surface area (Å²) >= 11 is 0. The van der Waals surface area contributed by atoms with Crippen LogP contribution in [0.25, 0.3) is 11.1 Å². The lowest BCUT2D eigenvalue weighted by Crippen LogP contribution is -1.87. The van der Waals surface area contributed by atoms with Crippen molar-refractivity contribution >= 4 is 11.1 Å². The van der Waals surface area contributed by atoms with E-state index in [1.165, 1.54) is 39.0 Å². The van der Waals surface area contributed by atoms with Gasteiger partial charge < -0.3 is 0 Å². The van der Waals surface area contributed by atoms with Crippen LogP contribution >= 0.6 is 0 Å². The average molecular weight is 286 g/mol. The monoisotopic (exact) mass is 286 g/mol. The Morgan fingerprint density at radius 1 is 0.955 bits per heavy atom. The van der Waals surface area contributed by atoms with Crippen molar-refractivity contribution < 1.29 is 0 Å². The molecule has 0 atom stereocenters. The van der Waals surface area contributed by atoms with Crippen LogP contribution in [0.2, 0.25) is 0 Å². The van der Waals surface area contributed by atoms with Gasteiger partial charge >= 0.3 is 0 Å². The summed E-state index contributed by atoms with van der Waals surface area (Å²) in [6.07, 6.45) is 4.36. The molecule has 0 spiro atoms. The van der Waals surface area contributed by atoms with Crippen molar-refractivity contribution in [1.82, 2.24) is 0 Å². The zero-order valence-electron chi connectivity index (χ0n) is 13.4. The zero-order chi connectivity index (χ0) is 15.5. The molecule has 0 nitrogen and oxygen atoms in total. The number of hydrogen-bond donors (Lipinski definition) is 0. The topological polar surface area (TPSA) is 0 Å². The number of hydrogen-bond acceptors (Lipinski definition) is 0. The van der Waals surface area contributed by atoms with Crippen LogP contribution in [0.1, 0.15) is 37.0 Å². The summed E-state index contributed by atoms with van der Waals surface area (Å²) in [5.41, 5.74) is 9.43. The van der Waals surface area contributed by atoms with Crippen LogP contribution < -0.4 is 0 Å². The van der Waals surface area contributed by atoms with Crippen LogP contribution in [-0.4, -0.2) is 0 Å². The fraction of sp³-hybridized carbons (Fsp3) is 0.182. The van der Waals surface area contributed by atoms with Gasteiger partial charge in [0.15, 0.2) is 0 Å². The summed E-state index contributed by atoms with van der Waals surface area (Å²) in [5, 5.41) is 0. The van der Waals surface area contributed by atoms with Crippen molar-refractivity contribution in [3.8, 4) is 0 Å². The summed E-state index contributed by atoms with van der Waals surface area (Å²) in [6.45, 7) is 8.30. The maximum absolute atomic E-state index is 3.99. The van der Waals surface area contributed by atoms with Crippen LogP contribution in [0.4, 0.5) is 0 Å². The molecule has 0 fully saturated rings. The van der Waals surface area contributed by atoms with E-state index < -0.39 is 0 Å². The lowest BCUT2D eigenvalue weighted by molar-refractivity contribution is 1.15. The molecule has 0 bridgehead atoms. The molecular weight excluding hydrogens is 264 g/mol. The van der Waals surface area contributed by atoms with Crippen LogP contribution in [0.3, 0.4) is 0 Å². The van der Waals surface area contributed by atoms with Crippen molar-refractivity contribution in [2.75, 3.05) is 0 Å². The maximum Gasteiger partial charge on any atom is -0.00545 e. The number of allylic oxidation sites excluding steroid dienone is 5. The van der Waals surface area contributed by atoms with E-state index in [9.17, 15) is 0 Å². The van der Waals surface area contributed by atoms with E-state index in [4.69, 9.17) is 0 Å². The van der Waals surface area contributed by atoms with Gasteiger partial charge in [-0.25, -0.2) is 0 Å². The standard InChI is InChI=1S/C22H22/c1-16(2)13-18-9-11-19(12-10-18)21-14-17(3)22(15-21)20-7-5-4-6-8-20/h4-12,15H,1,13-14H2,2-3H3. The molecule has 110 valence electrons. The molecule has 0 saturated carbocycles. The van der Waals surface area contributed by atoms with Gasteiger partial charge in [-0.1, -0.05) is 78.4 Å². The Kier molecular flexibility index (Phi) is 4.11. The fourth-order valence-corrected chi connectivity index (χ4v) is 3.05. The van der Waals surface area contributed by atoms with E-state index in [-0.39, 0.29) is 0 Å². The first-order valence-corrected chi connectivity index (χ1v) is 7.83. The molecule has 22 heavy (non-hydrogen) atoms. The normalized spacial score (nSPS) is 14.2. The molecule has 3 rings (SSSR count). The predicted molar refractivity (Wildman–Crippen MR) is 96.6 cm³/mol. The van der Waals surface area contributed by atoms with Gasteiger partial charge in [0.25, 0.3) is 0 Å². The SMILES string of the molecule is C=C(C)Cc1ccc(C2=CC(c3ccccc3)=C(C)C2)cc1. The van der Waals surface area contributed by atoms with Crippen molar-refractivity contribution in [3.63, 3.8) is 0 Å². The number of benzene rings is 2. The highest BCUT2D eigenvalue weighted by Crippen LogP contribution is 2.37. The van der Waals surface area contributed by atoms with Crippen LogP contribution in [0.15, 0.2) is 78.4 Å². The van der Waals surface area contributed by atoms with Crippen LogP contribution in [-0.2, 0) is 6.42 Å². The van der Waals surface area contributed by atoms with Crippen molar-refractivity contribution in [3.05, 3.63) is 95.1 Å². The minimum Gasteiger partial charge on any atom is -0.0998 e. The fourth-order valence-electron chi connectivity index (χ4n) is 3.05. The van der Waals surface area contributed by atoms with Gasteiger partial charge in [0.05, 0.1) is 0 Å². The largest absolute Gasteiger partial charge is 0.0998 e. The first-order valence-electron chi connectivity index (χ1n) is 7.83. The number of rotatable bonds is 4. The predicted octanol–water partition coefficient (Wildman–Crippen LogP) is 6.07. The minimum absolute atomic E-state index is 0.964. The molecule has 0 amide bonds. The second-order valence-electron chi connectivity index (χ2n) is 6.24. The average Bonchev–Trinajstić information content (AvgIpc) is 2.90.